The molecule has 3 aromatic carbocycles. The first-order valence-electron chi connectivity index (χ1n) is 14.8. The zero-order valence-corrected chi connectivity index (χ0v) is 24.9. The number of anilines is 1. The van der Waals surface area contributed by atoms with Gasteiger partial charge in [-0.05, 0) is 78.1 Å². The van der Waals surface area contributed by atoms with Crippen LogP contribution in [-0.4, -0.2) is 64.1 Å². The van der Waals surface area contributed by atoms with Crippen LogP contribution in [0.2, 0.25) is 0 Å². The van der Waals surface area contributed by atoms with Crippen LogP contribution in [0.4, 0.5) is 24.7 Å². The Morgan fingerprint density at radius 3 is 2.24 bits per heavy atom. The molecule has 0 aliphatic carbocycles. The maximum absolute atomic E-state index is 12.4. The Morgan fingerprint density at radius 2 is 1.59 bits per heavy atom. The molecule has 6 rings (SSSR count). The second-order valence-corrected chi connectivity index (χ2v) is 11.2. The van der Waals surface area contributed by atoms with Gasteiger partial charge < -0.3 is 34.0 Å². The standard InChI is InChI=1S/C32H32F3N5O6/c1-22-18-37(19-23-2-6-26(7-3-23)44-27-10-12-28(13-11-27)46-32(33,34)35)16-17-39(22)24-4-8-25(9-5-24)43-21-29-14-15-38-20-30(40(41)42)36-31(38)45-29/h2-13,20,22,29H,14-19,21H2,1H3. The summed E-state index contributed by atoms with van der Waals surface area (Å²) in [6.45, 7) is 6.52. The summed E-state index contributed by atoms with van der Waals surface area (Å²) in [5.74, 6) is 1.19. The Morgan fingerprint density at radius 1 is 0.935 bits per heavy atom. The van der Waals surface area contributed by atoms with Crippen LogP contribution in [0.5, 0.6) is 29.0 Å². The Hall–Kier alpha value is -4.98. The van der Waals surface area contributed by atoms with Crippen molar-refractivity contribution in [3.8, 4) is 29.0 Å². The van der Waals surface area contributed by atoms with Gasteiger partial charge in [-0.2, -0.15) is 0 Å². The molecule has 1 aromatic heterocycles. The number of imidazole rings is 1. The first kappa shape index (κ1) is 31.0. The molecular formula is C32H32F3N5O6. The number of aryl methyl sites for hydroxylation is 1. The van der Waals surface area contributed by atoms with Gasteiger partial charge in [0.05, 0.1) is 0 Å². The molecule has 14 heteroatoms. The van der Waals surface area contributed by atoms with Gasteiger partial charge in [0.25, 0.3) is 0 Å². The van der Waals surface area contributed by atoms with Crippen molar-refractivity contribution < 1.29 is 37.0 Å². The molecule has 0 amide bonds. The lowest BCUT2D eigenvalue weighted by Crippen LogP contribution is -2.51. The van der Waals surface area contributed by atoms with Crippen molar-refractivity contribution in [3.05, 3.63) is 94.7 Å². The average molecular weight is 640 g/mol. The zero-order chi connectivity index (χ0) is 32.3. The summed E-state index contributed by atoms with van der Waals surface area (Å²) in [6, 6.07) is 21.5. The fourth-order valence-electron chi connectivity index (χ4n) is 5.59. The second-order valence-electron chi connectivity index (χ2n) is 11.2. The molecule has 0 N–H and O–H groups in total. The summed E-state index contributed by atoms with van der Waals surface area (Å²) < 4.78 is 60.1. The van der Waals surface area contributed by atoms with Crippen LogP contribution in [-0.2, 0) is 13.1 Å². The predicted octanol–water partition coefficient (Wildman–Crippen LogP) is 6.42. The van der Waals surface area contributed by atoms with Crippen LogP contribution in [0, 0.1) is 10.1 Å². The third kappa shape index (κ3) is 7.80. The minimum absolute atomic E-state index is 0.224. The maximum Gasteiger partial charge on any atom is 0.573 e. The molecule has 0 saturated carbocycles. The lowest BCUT2D eigenvalue weighted by molar-refractivity contribution is -0.389. The van der Waals surface area contributed by atoms with E-state index in [0.29, 0.717) is 31.1 Å². The number of benzene rings is 3. The number of fused-ring (bicyclic) bond motifs is 1. The Bertz CT molecular complexity index is 1630. The van der Waals surface area contributed by atoms with E-state index in [9.17, 15) is 23.3 Å². The van der Waals surface area contributed by atoms with E-state index in [1.165, 1.54) is 30.5 Å². The van der Waals surface area contributed by atoms with Crippen molar-refractivity contribution in [1.29, 1.82) is 0 Å². The molecule has 2 aliphatic rings. The molecule has 0 radical (unpaired) electrons. The quantitative estimate of drug-likeness (QED) is 0.144. The van der Waals surface area contributed by atoms with Crippen LogP contribution in [0.15, 0.2) is 79.0 Å². The number of hydrogen-bond acceptors (Lipinski definition) is 9. The van der Waals surface area contributed by atoms with Gasteiger partial charge in [-0.25, -0.2) is 0 Å². The maximum atomic E-state index is 12.4. The minimum Gasteiger partial charge on any atom is -0.490 e. The topological polar surface area (TPSA) is 104 Å². The van der Waals surface area contributed by atoms with E-state index in [0.717, 1.165) is 43.2 Å². The highest BCUT2D eigenvalue weighted by Crippen LogP contribution is 2.29. The molecule has 2 aliphatic heterocycles. The Kier molecular flexibility index (Phi) is 8.88. The fourth-order valence-corrected chi connectivity index (χ4v) is 5.59. The summed E-state index contributed by atoms with van der Waals surface area (Å²) in [4.78, 5) is 19.1. The van der Waals surface area contributed by atoms with Crippen LogP contribution >= 0.6 is 0 Å². The number of rotatable bonds is 10. The van der Waals surface area contributed by atoms with E-state index < -0.39 is 11.3 Å². The van der Waals surface area contributed by atoms with E-state index in [4.69, 9.17) is 14.2 Å². The normalized spacial score (nSPS) is 18.4. The Labute approximate surface area is 262 Å². The lowest BCUT2D eigenvalue weighted by Gasteiger charge is -2.41. The SMILES string of the molecule is CC1CN(Cc2ccc(Oc3ccc(OC(F)(F)F)cc3)cc2)CCN1c1ccc(OCC2CCn3cc([N+](=O)[O-])nc3O2)cc1. The molecule has 4 aromatic rings. The van der Waals surface area contributed by atoms with E-state index in [2.05, 4.69) is 38.6 Å². The second kappa shape index (κ2) is 13.2. The molecule has 1 fully saturated rings. The number of ether oxygens (including phenoxy) is 4. The third-order valence-electron chi connectivity index (χ3n) is 7.82. The smallest absolute Gasteiger partial charge is 0.490 e. The summed E-state index contributed by atoms with van der Waals surface area (Å²) in [5, 5.41) is 11.0. The summed E-state index contributed by atoms with van der Waals surface area (Å²) in [6.07, 6.45) is -2.93. The van der Waals surface area contributed by atoms with Gasteiger partial charge in [-0.15, -0.1) is 13.2 Å². The van der Waals surface area contributed by atoms with Gasteiger partial charge in [0, 0.05) is 55.9 Å². The van der Waals surface area contributed by atoms with Crippen molar-refractivity contribution in [2.45, 2.75) is 44.9 Å². The van der Waals surface area contributed by atoms with Crippen LogP contribution in [0.3, 0.4) is 0 Å². The highest BCUT2D eigenvalue weighted by atomic mass is 19.4. The van der Waals surface area contributed by atoms with Crippen LogP contribution < -0.4 is 23.8 Å². The molecular weight excluding hydrogens is 607 g/mol. The van der Waals surface area contributed by atoms with Crippen LogP contribution in [0.1, 0.15) is 18.9 Å². The number of nitrogens with zero attached hydrogens (tertiary/aromatic N) is 5. The molecule has 3 heterocycles. The van der Waals surface area contributed by atoms with Crippen molar-refractivity contribution in [2.75, 3.05) is 31.1 Å². The fraction of sp³-hybridized carbons (Fsp3) is 0.344. The number of halogens is 3. The first-order chi connectivity index (χ1) is 22.1. The number of alkyl halides is 3. The van der Waals surface area contributed by atoms with E-state index in [-0.39, 0.29) is 29.7 Å². The van der Waals surface area contributed by atoms with Crippen molar-refractivity contribution in [3.63, 3.8) is 0 Å². The van der Waals surface area contributed by atoms with Gasteiger partial charge in [0.15, 0.2) is 0 Å². The molecule has 11 nitrogen and oxygen atoms in total. The number of hydrogen-bond donors (Lipinski definition) is 0. The summed E-state index contributed by atoms with van der Waals surface area (Å²) >= 11 is 0. The average Bonchev–Trinajstić information content (AvgIpc) is 3.46. The molecule has 2 unspecified atom stereocenters. The van der Waals surface area contributed by atoms with Gasteiger partial charge in [-0.1, -0.05) is 12.1 Å². The molecule has 2 atom stereocenters. The monoisotopic (exact) mass is 639 g/mol. The molecule has 0 bridgehead atoms. The molecule has 1 saturated heterocycles. The molecule has 242 valence electrons. The number of piperazine rings is 1. The molecule has 0 spiro atoms. The van der Waals surface area contributed by atoms with Crippen molar-refractivity contribution >= 4 is 11.5 Å². The summed E-state index contributed by atoms with van der Waals surface area (Å²) in [7, 11) is 0. The van der Waals surface area contributed by atoms with Gasteiger partial charge in [-0.3, -0.25) is 9.47 Å². The van der Waals surface area contributed by atoms with Gasteiger partial charge in [0.1, 0.15) is 41.9 Å². The summed E-state index contributed by atoms with van der Waals surface area (Å²) in [5.41, 5.74) is 2.25. The minimum atomic E-state index is -4.73. The van der Waals surface area contributed by atoms with Gasteiger partial charge >= 0.3 is 18.2 Å². The largest absolute Gasteiger partial charge is 0.573 e. The Balaban J connectivity index is 0.949. The van der Waals surface area contributed by atoms with Gasteiger partial charge in [0.2, 0.25) is 0 Å². The number of nitro groups is 1. The highest BCUT2D eigenvalue weighted by Gasteiger charge is 2.31. The van der Waals surface area contributed by atoms with E-state index >= 15 is 0 Å². The lowest BCUT2D eigenvalue weighted by atomic mass is 10.1. The van der Waals surface area contributed by atoms with E-state index in [1.807, 2.05) is 36.4 Å². The first-order valence-corrected chi connectivity index (χ1v) is 14.8. The van der Waals surface area contributed by atoms with Crippen LogP contribution in [0.25, 0.3) is 0 Å². The van der Waals surface area contributed by atoms with E-state index in [1.54, 1.807) is 4.57 Å². The molecule has 46 heavy (non-hydrogen) atoms. The predicted molar refractivity (Wildman–Crippen MR) is 162 cm³/mol. The number of aromatic nitrogens is 2. The zero-order valence-electron chi connectivity index (χ0n) is 24.9. The van der Waals surface area contributed by atoms with Crippen molar-refractivity contribution in [1.82, 2.24) is 14.5 Å². The highest BCUT2D eigenvalue weighted by molar-refractivity contribution is 5.50. The third-order valence-corrected chi connectivity index (χ3v) is 7.82. The van der Waals surface area contributed by atoms with Crippen molar-refractivity contribution in [2.24, 2.45) is 0 Å².